The van der Waals surface area contributed by atoms with Crippen LogP contribution >= 0.6 is 0 Å². The van der Waals surface area contributed by atoms with Gasteiger partial charge in [0.2, 0.25) is 17.6 Å². The van der Waals surface area contributed by atoms with Gasteiger partial charge in [0, 0.05) is 13.3 Å². The largest absolute Gasteiger partial charge is 0.478 e. The lowest BCUT2D eigenvalue weighted by atomic mass is 9.91. The molecule has 5 atom stereocenters. The molecule has 1 heterocycles. The maximum absolute atomic E-state index is 12.1. The highest BCUT2D eigenvalue weighted by molar-refractivity contribution is 5.85. The molecule has 10 heteroatoms. The second-order valence-corrected chi connectivity index (χ2v) is 6.58. The Morgan fingerprint density at radius 2 is 1.85 bits per heavy atom. The molecule has 0 fully saturated rings. The first kappa shape index (κ1) is 21.9. The van der Waals surface area contributed by atoms with Crippen molar-refractivity contribution in [3.8, 4) is 0 Å². The predicted octanol–water partition coefficient (Wildman–Crippen LogP) is -1.90. The molecule has 0 saturated heterocycles. The van der Waals surface area contributed by atoms with Gasteiger partial charge in [-0.25, -0.2) is 4.79 Å². The normalized spacial score (nSPS) is 24.9. The number of rotatable bonds is 8. The maximum atomic E-state index is 12.1. The van der Waals surface area contributed by atoms with Gasteiger partial charge in [0.05, 0.1) is 18.7 Å². The van der Waals surface area contributed by atoms with Crippen LogP contribution in [-0.2, 0) is 19.1 Å². The highest BCUT2D eigenvalue weighted by atomic mass is 16.5. The van der Waals surface area contributed by atoms with Crippen LogP contribution in [0.5, 0.6) is 0 Å². The molecule has 0 bridgehead atoms. The number of carbonyl (C=O) groups excluding carboxylic acids is 2. The third-order valence-corrected chi connectivity index (χ3v) is 3.75. The van der Waals surface area contributed by atoms with Gasteiger partial charge in [0.25, 0.3) is 0 Å². The van der Waals surface area contributed by atoms with Crippen molar-refractivity contribution in [2.24, 2.45) is 5.92 Å². The lowest BCUT2D eigenvalue weighted by Crippen LogP contribution is -2.63. The molecule has 2 amide bonds. The lowest BCUT2D eigenvalue weighted by molar-refractivity contribution is -0.147. The van der Waals surface area contributed by atoms with E-state index in [4.69, 9.17) is 9.84 Å². The number of hydrogen-bond donors (Lipinski definition) is 6. The highest BCUT2D eigenvalue weighted by Gasteiger charge is 2.44. The summed E-state index contributed by atoms with van der Waals surface area (Å²) in [6, 6.07) is -2.04. The Morgan fingerprint density at radius 3 is 2.31 bits per heavy atom. The number of carbonyl (C=O) groups is 3. The molecular formula is C16H26N2O8. The summed E-state index contributed by atoms with van der Waals surface area (Å²) in [4.78, 5) is 35.0. The van der Waals surface area contributed by atoms with Crippen LogP contribution in [0.3, 0.4) is 0 Å². The third-order valence-electron chi connectivity index (χ3n) is 3.75. The Morgan fingerprint density at radius 1 is 1.23 bits per heavy atom. The average molecular weight is 374 g/mol. The number of carboxylic acids is 1. The van der Waals surface area contributed by atoms with E-state index in [1.165, 1.54) is 6.92 Å². The zero-order valence-corrected chi connectivity index (χ0v) is 14.9. The smallest absolute Gasteiger partial charge is 0.370 e. The van der Waals surface area contributed by atoms with Crippen LogP contribution in [0.25, 0.3) is 0 Å². The number of aliphatic carboxylic acids is 1. The minimum absolute atomic E-state index is 0.0505. The second kappa shape index (κ2) is 9.51. The molecule has 0 unspecified atom stereocenters. The highest BCUT2D eigenvalue weighted by Crippen LogP contribution is 2.23. The van der Waals surface area contributed by atoms with Crippen molar-refractivity contribution in [1.82, 2.24) is 10.6 Å². The topological polar surface area (TPSA) is 165 Å². The van der Waals surface area contributed by atoms with Crippen LogP contribution in [0.4, 0.5) is 0 Å². The molecule has 0 aromatic heterocycles. The monoisotopic (exact) mass is 374 g/mol. The van der Waals surface area contributed by atoms with Crippen molar-refractivity contribution in [3.63, 3.8) is 0 Å². The number of aliphatic hydroxyl groups excluding tert-OH is 3. The van der Waals surface area contributed by atoms with Crippen LogP contribution in [0, 0.1) is 5.92 Å². The minimum atomic E-state index is -1.70. The summed E-state index contributed by atoms with van der Waals surface area (Å²) in [7, 11) is 0. The average Bonchev–Trinajstić information content (AvgIpc) is 2.53. The van der Waals surface area contributed by atoms with Crippen LogP contribution in [0.2, 0.25) is 0 Å². The quantitative estimate of drug-likeness (QED) is 0.287. The van der Waals surface area contributed by atoms with Crippen LogP contribution in [-0.4, -0.2) is 75.2 Å². The van der Waals surface area contributed by atoms with E-state index in [0.29, 0.717) is 0 Å². The summed E-state index contributed by atoms with van der Waals surface area (Å²) in [5.41, 5.74) is 0. The van der Waals surface area contributed by atoms with E-state index in [2.05, 4.69) is 10.6 Å². The SMILES string of the molecule is CC(=O)N[C@H]1[C@H]([C@H](O)[C@H](O)CO)OC(C(=O)O)=C[C@@H]1NC(=O)CC(C)C. The van der Waals surface area contributed by atoms with Gasteiger partial charge in [-0.3, -0.25) is 9.59 Å². The van der Waals surface area contributed by atoms with E-state index < -0.39 is 54.6 Å². The molecule has 148 valence electrons. The minimum Gasteiger partial charge on any atom is -0.478 e. The summed E-state index contributed by atoms with van der Waals surface area (Å²) in [5.74, 6) is -2.82. The molecule has 0 saturated carbocycles. The number of carboxylic acid groups (broad SMARTS) is 1. The third kappa shape index (κ3) is 5.97. The molecular weight excluding hydrogens is 348 g/mol. The van der Waals surface area contributed by atoms with Crippen molar-refractivity contribution in [1.29, 1.82) is 0 Å². The van der Waals surface area contributed by atoms with E-state index in [1.54, 1.807) is 0 Å². The van der Waals surface area contributed by atoms with Gasteiger partial charge in [-0.1, -0.05) is 13.8 Å². The lowest BCUT2D eigenvalue weighted by Gasteiger charge is -2.40. The summed E-state index contributed by atoms with van der Waals surface area (Å²) < 4.78 is 5.21. The fourth-order valence-corrected chi connectivity index (χ4v) is 2.61. The number of nitrogens with one attached hydrogen (secondary N) is 2. The fourth-order valence-electron chi connectivity index (χ4n) is 2.61. The van der Waals surface area contributed by atoms with Gasteiger partial charge in [-0.15, -0.1) is 0 Å². The van der Waals surface area contributed by atoms with Gasteiger partial charge >= 0.3 is 5.97 Å². The molecule has 10 nitrogen and oxygen atoms in total. The number of ether oxygens (including phenoxy) is 1. The Bertz CT molecular complexity index is 562. The predicted molar refractivity (Wildman–Crippen MR) is 88.7 cm³/mol. The van der Waals surface area contributed by atoms with Crippen LogP contribution in [0.1, 0.15) is 27.2 Å². The van der Waals surface area contributed by atoms with Crippen molar-refractivity contribution in [3.05, 3.63) is 11.8 Å². The molecule has 1 rings (SSSR count). The van der Waals surface area contributed by atoms with Crippen molar-refractivity contribution >= 4 is 17.8 Å². The maximum Gasteiger partial charge on any atom is 0.370 e. The Kier molecular flexibility index (Phi) is 8.00. The van der Waals surface area contributed by atoms with Gasteiger partial charge in [0.15, 0.2) is 0 Å². The molecule has 1 aliphatic heterocycles. The molecule has 1 aliphatic rings. The van der Waals surface area contributed by atoms with Crippen molar-refractivity contribution < 1.29 is 39.5 Å². The summed E-state index contributed by atoms with van der Waals surface area (Å²) in [5, 5.41) is 43.2. The summed E-state index contributed by atoms with van der Waals surface area (Å²) in [6.07, 6.45) is -3.44. The van der Waals surface area contributed by atoms with Crippen molar-refractivity contribution in [2.45, 2.75) is 57.6 Å². The van der Waals surface area contributed by atoms with E-state index in [-0.39, 0.29) is 18.2 Å². The number of hydrogen-bond acceptors (Lipinski definition) is 7. The first-order valence-corrected chi connectivity index (χ1v) is 8.22. The van der Waals surface area contributed by atoms with Crippen LogP contribution < -0.4 is 10.6 Å². The Balaban J connectivity index is 3.20. The molecule has 0 aromatic carbocycles. The molecule has 0 radical (unpaired) electrons. The Labute approximate surface area is 150 Å². The standard InChI is InChI=1S/C16H26N2O8/c1-7(2)4-12(22)18-9-5-11(16(24)25)26-15(13(9)17-8(3)20)14(23)10(21)6-19/h5,7,9-10,13-15,19,21,23H,4,6H2,1-3H3,(H,17,20)(H,18,22)(H,24,25)/t9-,10+,13+,14+,15+/m0/s1. The van der Waals surface area contributed by atoms with Gasteiger partial charge in [-0.05, 0) is 12.0 Å². The van der Waals surface area contributed by atoms with E-state index >= 15 is 0 Å². The molecule has 0 aliphatic carbocycles. The van der Waals surface area contributed by atoms with Gasteiger partial charge < -0.3 is 35.8 Å². The zero-order chi connectivity index (χ0) is 20.0. The number of amides is 2. The summed E-state index contributed by atoms with van der Waals surface area (Å²) >= 11 is 0. The summed E-state index contributed by atoms with van der Waals surface area (Å²) in [6.45, 7) is 4.06. The van der Waals surface area contributed by atoms with Crippen molar-refractivity contribution in [2.75, 3.05) is 6.61 Å². The first-order valence-electron chi connectivity index (χ1n) is 8.22. The molecule has 0 aromatic rings. The van der Waals surface area contributed by atoms with E-state index in [0.717, 1.165) is 6.08 Å². The number of aliphatic hydroxyl groups is 3. The van der Waals surface area contributed by atoms with Crippen LogP contribution in [0.15, 0.2) is 11.8 Å². The first-order chi connectivity index (χ1) is 12.1. The van der Waals surface area contributed by atoms with Gasteiger partial charge in [0.1, 0.15) is 18.3 Å². The molecule has 6 N–H and O–H groups in total. The second-order valence-electron chi connectivity index (χ2n) is 6.58. The fraction of sp³-hybridized carbons (Fsp3) is 0.688. The molecule has 0 spiro atoms. The van der Waals surface area contributed by atoms with E-state index in [1.807, 2.05) is 13.8 Å². The zero-order valence-electron chi connectivity index (χ0n) is 14.9. The molecule has 26 heavy (non-hydrogen) atoms. The Hall–Kier alpha value is -2.17. The van der Waals surface area contributed by atoms with E-state index in [9.17, 15) is 29.7 Å². The van der Waals surface area contributed by atoms with Gasteiger partial charge in [-0.2, -0.15) is 0 Å².